The van der Waals surface area contributed by atoms with Crippen LogP contribution >= 0.6 is 0 Å². The molecule has 5 nitrogen and oxygen atoms in total. The molecule has 1 saturated heterocycles. The molecule has 1 aliphatic rings. The Balaban J connectivity index is 1.86. The van der Waals surface area contributed by atoms with E-state index < -0.39 is 21.8 Å². The maximum Gasteiger partial charge on any atom is 0.416 e. The predicted molar refractivity (Wildman–Crippen MR) is 99.6 cm³/mol. The minimum atomic E-state index is -4.60. The molecule has 1 heterocycles. The number of nitrogens with zero attached hydrogens (tertiary/aromatic N) is 2. The molecule has 152 valence electrons. The SMILES string of the molecule is CN(Cc1ccccc1N1CCOCC1)S(=O)(=O)c1cccc(C(F)(F)F)c1. The van der Waals surface area contributed by atoms with E-state index in [1.165, 1.54) is 13.1 Å². The van der Waals surface area contributed by atoms with E-state index in [0.29, 0.717) is 32.4 Å². The zero-order valence-corrected chi connectivity index (χ0v) is 16.1. The van der Waals surface area contributed by atoms with E-state index in [1.807, 2.05) is 24.3 Å². The van der Waals surface area contributed by atoms with E-state index in [-0.39, 0.29) is 11.4 Å². The first-order valence-corrected chi connectivity index (χ1v) is 10.2. The van der Waals surface area contributed by atoms with Crippen molar-refractivity contribution in [1.29, 1.82) is 0 Å². The quantitative estimate of drug-likeness (QED) is 0.753. The van der Waals surface area contributed by atoms with E-state index in [0.717, 1.165) is 27.7 Å². The van der Waals surface area contributed by atoms with E-state index in [1.54, 1.807) is 0 Å². The average Bonchev–Trinajstić information content (AvgIpc) is 2.68. The topological polar surface area (TPSA) is 49.9 Å². The highest BCUT2D eigenvalue weighted by Crippen LogP contribution is 2.31. The summed E-state index contributed by atoms with van der Waals surface area (Å²) in [6.07, 6.45) is -4.60. The van der Waals surface area contributed by atoms with Crippen LogP contribution in [-0.2, 0) is 27.5 Å². The normalized spacial score (nSPS) is 15.8. The molecule has 0 atom stereocenters. The Hall–Kier alpha value is -2.10. The van der Waals surface area contributed by atoms with Crippen LogP contribution < -0.4 is 4.90 Å². The average molecular weight is 414 g/mol. The van der Waals surface area contributed by atoms with Gasteiger partial charge in [-0.15, -0.1) is 0 Å². The second-order valence-electron chi connectivity index (χ2n) is 6.51. The number of hydrogen-bond acceptors (Lipinski definition) is 4. The van der Waals surface area contributed by atoms with Crippen LogP contribution in [0, 0.1) is 0 Å². The summed E-state index contributed by atoms with van der Waals surface area (Å²) in [7, 11) is -2.71. The summed E-state index contributed by atoms with van der Waals surface area (Å²) in [5, 5.41) is 0. The smallest absolute Gasteiger partial charge is 0.378 e. The molecule has 3 rings (SSSR count). The van der Waals surface area contributed by atoms with Gasteiger partial charge in [0.1, 0.15) is 0 Å². The first-order valence-electron chi connectivity index (χ1n) is 8.74. The number of morpholine rings is 1. The Morgan fingerprint density at radius 3 is 2.43 bits per heavy atom. The maximum absolute atomic E-state index is 12.9. The predicted octanol–water partition coefficient (Wildman–Crippen LogP) is 3.36. The number of ether oxygens (including phenoxy) is 1. The fraction of sp³-hybridized carbons (Fsp3) is 0.368. The summed E-state index contributed by atoms with van der Waals surface area (Å²) in [6, 6.07) is 11.2. The number of hydrogen-bond donors (Lipinski definition) is 0. The fourth-order valence-corrected chi connectivity index (χ4v) is 4.29. The van der Waals surface area contributed by atoms with Gasteiger partial charge in [-0.3, -0.25) is 0 Å². The summed E-state index contributed by atoms with van der Waals surface area (Å²) >= 11 is 0. The highest BCUT2D eigenvalue weighted by atomic mass is 32.2. The Morgan fingerprint density at radius 1 is 1.07 bits per heavy atom. The highest BCUT2D eigenvalue weighted by Gasteiger charge is 2.32. The lowest BCUT2D eigenvalue weighted by atomic mass is 10.1. The number of rotatable bonds is 5. The molecule has 0 aromatic heterocycles. The van der Waals surface area contributed by atoms with Crippen molar-refractivity contribution < 1.29 is 26.3 Å². The molecule has 28 heavy (non-hydrogen) atoms. The van der Waals surface area contributed by atoms with E-state index in [9.17, 15) is 21.6 Å². The highest BCUT2D eigenvalue weighted by molar-refractivity contribution is 7.89. The van der Waals surface area contributed by atoms with Gasteiger partial charge in [0.2, 0.25) is 10.0 Å². The number of halogens is 3. The van der Waals surface area contributed by atoms with E-state index in [4.69, 9.17) is 4.74 Å². The van der Waals surface area contributed by atoms with Crippen molar-refractivity contribution in [1.82, 2.24) is 4.31 Å². The summed E-state index contributed by atoms with van der Waals surface area (Å²) in [5.41, 5.74) is 0.690. The van der Waals surface area contributed by atoms with Crippen LogP contribution in [-0.4, -0.2) is 46.1 Å². The van der Waals surface area contributed by atoms with Crippen molar-refractivity contribution in [2.45, 2.75) is 17.6 Å². The third-order valence-electron chi connectivity index (χ3n) is 4.61. The van der Waals surface area contributed by atoms with Crippen molar-refractivity contribution in [2.24, 2.45) is 0 Å². The maximum atomic E-state index is 12.9. The molecular formula is C19H21F3N2O3S. The summed E-state index contributed by atoms with van der Waals surface area (Å²) in [4.78, 5) is 1.73. The van der Waals surface area contributed by atoms with Gasteiger partial charge in [0.15, 0.2) is 0 Å². The number of anilines is 1. The standard InChI is InChI=1S/C19H21F3N2O3S/c1-23(28(25,26)17-7-4-6-16(13-17)19(20,21)22)14-15-5-2-3-8-18(15)24-9-11-27-12-10-24/h2-8,13H,9-12,14H2,1H3. The van der Waals surface area contributed by atoms with Crippen molar-refractivity contribution in [3.05, 3.63) is 59.7 Å². The van der Waals surface area contributed by atoms with Crippen LogP contribution in [0.15, 0.2) is 53.4 Å². The third kappa shape index (κ3) is 4.48. The van der Waals surface area contributed by atoms with Crippen LogP contribution in [0.2, 0.25) is 0 Å². The van der Waals surface area contributed by atoms with Gasteiger partial charge in [-0.1, -0.05) is 24.3 Å². The fourth-order valence-electron chi connectivity index (χ4n) is 3.09. The monoisotopic (exact) mass is 414 g/mol. The number of alkyl halides is 3. The lowest BCUT2D eigenvalue weighted by Crippen LogP contribution is -2.37. The molecule has 2 aromatic rings. The number of sulfonamides is 1. The first-order chi connectivity index (χ1) is 13.2. The van der Waals surface area contributed by atoms with Gasteiger partial charge in [-0.25, -0.2) is 8.42 Å². The van der Waals surface area contributed by atoms with Gasteiger partial charge < -0.3 is 9.64 Å². The molecule has 0 radical (unpaired) electrons. The minimum Gasteiger partial charge on any atom is -0.378 e. The Labute approximate surface area is 162 Å². The number of benzene rings is 2. The van der Waals surface area contributed by atoms with Gasteiger partial charge >= 0.3 is 6.18 Å². The summed E-state index contributed by atoms with van der Waals surface area (Å²) in [6.45, 7) is 2.62. The molecule has 0 spiro atoms. The van der Waals surface area contributed by atoms with Gasteiger partial charge in [0.05, 0.1) is 23.7 Å². The van der Waals surface area contributed by atoms with Gasteiger partial charge in [-0.2, -0.15) is 17.5 Å². The molecule has 0 saturated carbocycles. The Kier molecular flexibility index (Phi) is 5.97. The van der Waals surface area contributed by atoms with Crippen molar-refractivity contribution in [2.75, 3.05) is 38.3 Å². The Bertz CT molecular complexity index is 926. The lowest BCUT2D eigenvalue weighted by molar-refractivity contribution is -0.137. The second-order valence-corrected chi connectivity index (χ2v) is 8.56. The molecular weight excluding hydrogens is 393 g/mol. The lowest BCUT2D eigenvalue weighted by Gasteiger charge is -2.31. The zero-order chi connectivity index (χ0) is 20.4. The third-order valence-corrected chi connectivity index (χ3v) is 6.41. The minimum absolute atomic E-state index is 0.0477. The molecule has 0 N–H and O–H groups in total. The second kappa shape index (κ2) is 8.10. The molecule has 2 aromatic carbocycles. The van der Waals surface area contributed by atoms with E-state index >= 15 is 0 Å². The van der Waals surface area contributed by atoms with Crippen LogP contribution in [0.3, 0.4) is 0 Å². The largest absolute Gasteiger partial charge is 0.416 e. The van der Waals surface area contributed by atoms with Gasteiger partial charge in [-0.05, 0) is 29.8 Å². The van der Waals surface area contributed by atoms with Crippen LogP contribution in [0.4, 0.5) is 18.9 Å². The summed E-state index contributed by atoms with van der Waals surface area (Å²) < 4.78 is 70.9. The molecule has 0 aliphatic carbocycles. The molecule has 9 heteroatoms. The summed E-state index contributed by atoms with van der Waals surface area (Å²) in [5.74, 6) is 0. The van der Waals surface area contributed by atoms with Crippen molar-refractivity contribution >= 4 is 15.7 Å². The van der Waals surface area contributed by atoms with Crippen LogP contribution in [0.5, 0.6) is 0 Å². The zero-order valence-electron chi connectivity index (χ0n) is 15.3. The molecule has 0 amide bonds. The molecule has 0 unspecified atom stereocenters. The van der Waals surface area contributed by atoms with Crippen LogP contribution in [0.1, 0.15) is 11.1 Å². The van der Waals surface area contributed by atoms with E-state index in [2.05, 4.69) is 4.90 Å². The first kappa shape index (κ1) is 20.6. The van der Waals surface area contributed by atoms with Crippen LogP contribution in [0.25, 0.3) is 0 Å². The van der Waals surface area contributed by atoms with Gasteiger partial charge in [0, 0.05) is 32.4 Å². The van der Waals surface area contributed by atoms with Crippen molar-refractivity contribution in [3.63, 3.8) is 0 Å². The Morgan fingerprint density at radius 2 is 1.75 bits per heavy atom. The molecule has 0 bridgehead atoms. The molecule has 1 aliphatic heterocycles. The molecule has 1 fully saturated rings. The van der Waals surface area contributed by atoms with Gasteiger partial charge in [0.25, 0.3) is 0 Å². The van der Waals surface area contributed by atoms with Crippen molar-refractivity contribution in [3.8, 4) is 0 Å². The number of para-hydroxylation sites is 1.